The van der Waals surface area contributed by atoms with Crippen molar-refractivity contribution in [3.63, 3.8) is 0 Å². The number of allylic oxidation sites excluding steroid dienone is 1. The Kier molecular flexibility index (Phi) is 16.8. The molecule has 0 saturated heterocycles. The van der Waals surface area contributed by atoms with Crippen LogP contribution < -0.4 is 16.6 Å². The number of carbonyl (C=O) groups excluding carboxylic acids is 3. The van der Waals surface area contributed by atoms with E-state index in [0.29, 0.717) is 12.8 Å². The minimum absolute atomic E-state index is 0.0666. The van der Waals surface area contributed by atoms with E-state index in [4.69, 9.17) is 10.3 Å². The van der Waals surface area contributed by atoms with Gasteiger partial charge in [0.15, 0.2) is 0 Å². The third-order valence-corrected chi connectivity index (χ3v) is 8.36. The smallest absolute Gasteiger partial charge is 0.294 e. The van der Waals surface area contributed by atoms with Crippen molar-refractivity contribution in [1.82, 2.24) is 15.9 Å². The van der Waals surface area contributed by atoms with Crippen LogP contribution in [-0.4, -0.2) is 53.5 Å². The Labute approximate surface area is 290 Å². The molecule has 0 fully saturated rings. The molecule has 3 amide bonds. The van der Waals surface area contributed by atoms with Gasteiger partial charge < -0.3 is 5.73 Å². The first-order valence-electron chi connectivity index (χ1n) is 16.2. The lowest BCUT2D eigenvalue weighted by Crippen LogP contribution is -2.56. The predicted octanol–water partition coefficient (Wildman–Crippen LogP) is 5.20. The second-order valence-corrected chi connectivity index (χ2v) is 14.2. The number of nitrogens with one attached hydrogen (secondary N) is 2. The minimum Gasteiger partial charge on any atom is -0.320 e. The Hall–Kier alpha value is -4.36. The highest BCUT2D eigenvalue weighted by Crippen LogP contribution is 2.26. The third kappa shape index (κ3) is 14.7. The molecule has 0 unspecified atom stereocenters. The Morgan fingerprint density at radius 1 is 0.837 bits per heavy atom. The van der Waals surface area contributed by atoms with E-state index < -0.39 is 45.7 Å². The van der Waals surface area contributed by atoms with E-state index in [1.807, 2.05) is 107 Å². The normalized spacial score (nSPS) is 13.3. The van der Waals surface area contributed by atoms with Gasteiger partial charge in [-0.25, -0.2) is 5.48 Å². The molecule has 266 valence electrons. The first-order chi connectivity index (χ1) is 23.1. The number of nitrogens with zero attached hydrogens (tertiary/aromatic N) is 1. The van der Waals surface area contributed by atoms with Gasteiger partial charge in [-0.05, 0) is 61.3 Å². The van der Waals surface area contributed by atoms with Crippen LogP contribution in [0.2, 0.25) is 0 Å². The first kappa shape index (κ1) is 40.8. The van der Waals surface area contributed by atoms with Crippen LogP contribution in [0.15, 0.2) is 95.9 Å². The van der Waals surface area contributed by atoms with Crippen LogP contribution >= 0.6 is 0 Å². The largest absolute Gasteiger partial charge is 0.320 e. The molecular formula is C37H50N4O7S. The lowest BCUT2D eigenvalue weighted by Gasteiger charge is -2.32. The summed E-state index contributed by atoms with van der Waals surface area (Å²) in [6.07, 6.45) is 4.65. The number of benzene rings is 3. The molecule has 12 heteroatoms. The van der Waals surface area contributed by atoms with Crippen LogP contribution in [0.5, 0.6) is 0 Å². The quantitative estimate of drug-likeness (QED) is 0.0868. The molecule has 0 aliphatic carbocycles. The van der Waals surface area contributed by atoms with E-state index in [-0.39, 0.29) is 29.7 Å². The summed E-state index contributed by atoms with van der Waals surface area (Å²) in [5.41, 5.74) is 13.6. The molecular weight excluding hydrogens is 644 g/mol. The molecule has 0 bridgehead atoms. The maximum atomic E-state index is 13.6. The number of hydrazine groups is 1. The summed E-state index contributed by atoms with van der Waals surface area (Å²) in [6, 6.07) is 24.2. The zero-order valence-corrected chi connectivity index (χ0v) is 29.6. The van der Waals surface area contributed by atoms with Crippen LogP contribution in [0.25, 0.3) is 6.08 Å². The molecule has 3 atom stereocenters. The lowest BCUT2D eigenvalue weighted by atomic mass is 9.82. The van der Waals surface area contributed by atoms with Gasteiger partial charge in [0.25, 0.3) is 16.0 Å². The second kappa shape index (κ2) is 20.2. The molecule has 3 aromatic rings. The van der Waals surface area contributed by atoms with Crippen molar-refractivity contribution < 1.29 is 32.6 Å². The molecule has 0 aliphatic heterocycles. The van der Waals surface area contributed by atoms with Gasteiger partial charge in [0.1, 0.15) is 0 Å². The zero-order valence-electron chi connectivity index (χ0n) is 28.8. The number of rotatable bonds is 14. The lowest BCUT2D eigenvalue weighted by molar-refractivity contribution is -0.148. The van der Waals surface area contributed by atoms with E-state index in [9.17, 15) is 28.0 Å². The fourth-order valence-corrected chi connectivity index (χ4v) is 5.53. The van der Waals surface area contributed by atoms with Crippen molar-refractivity contribution in [2.45, 2.75) is 64.8 Å². The number of aryl methyl sites for hydroxylation is 1. The van der Waals surface area contributed by atoms with E-state index in [2.05, 4.69) is 5.43 Å². The van der Waals surface area contributed by atoms with Crippen molar-refractivity contribution in [1.29, 1.82) is 0 Å². The number of hydrogen-bond acceptors (Lipinski definition) is 7. The maximum absolute atomic E-state index is 13.6. The maximum Gasteiger partial charge on any atom is 0.294 e. The summed E-state index contributed by atoms with van der Waals surface area (Å²) in [6.45, 7) is 9.91. The average molecular weight is 695 g/mol. The van der Waals surface area contributed by atoms with Crippen LogP contribution in [0, 0.1) is 30.6 Å². The Bertz CT molecular complexity index is 1600. The van der Waals surface area contributed by atoms with Crippen molar-refractivity contribution in [2.75, 3.05) is 6.54 Å². The van der Waals surface area contributed by atoms with Crippen molar-refractivity contribution >= 4 is 33.9 Å². The van der Waals surface area contributed by atoms with E-state index in [1.165, 1.54) is 17.1 Å². The summed E-state index contributed by atoms with van der Waals surface area (Å²) in [4.78, 5) is 39.6. The van der Waals surface area contributed by atoms with Gasteiger partial charge in [-0.1, -0.05) is 118 Å². The average Bonchev–Trinajstić information content (AvgIpc) is 3.05. The van der Waals surface area contributed by atoms with E-state index >= 15 is 0 Å². The van der Waals surface area contributed by atoms with Crippen molar-refractivity contribution in [3.05, 3.63) is 108 Å². The molecule has 11 nitrogen and oxygen atoms in total. The molecule has 0 heterocycles. The standard InChI is InChI=1S/C30H42N4O4.C7H8O3S/c1-21(2)18-26(25(29(36)33-38)17-11-16-23-12-7-5-8-13-23)28(35)32-34(20-22(3)4)30(37)27(31)19-24-14-9-6-10-15-24;1-6-2-4-7(5-3-6)11(8,9)10/h5-16,21-22,25-27,38H,17-20,31H2,1-4H3,(H,32,35)(H,33,36);2-5H,1H3,(H,8,9,10)/t25-,26+,27+;/m0./s1. The Morgan fingerprint density at radius 3 is 1.92 bits per heavy atom. The third-order valence-electron chi connectivity index (χ3n) is 7.49. The molecule has 0 aromatic heterocycles. The molecule has 0 aliphatic rings. The summed E-state index contributed by atoms with van der Waals surface area (Å²) in [5.74, 6) is -2.96. The number of amides is 3. The molecule has 3 aromatic carbocycles. The van der Waals surface area contributed by atoms with Gasteiger partial charge in [0, 0.05) is 6.54 Å². The second-order valence-electron chi connectivity index (χ2n) is 12.8. The summed E-state index contributed by atoms with van der Waals surface area (Å²) in [5, 5.41) is 10.7. The molecule has 0 saturated carbocycles. The summed E-state index contributed by atoms with van der Waals surface area (Å²) < 4.78 is 29.6. The van der Waals surface area contributed by atoms with Crippen LogP contribution in [0.1, 0.15) is 57.2 Å². The SMILES string of the molecule is CC(C)C[C@@H](C(=O)NN(CC(C)C)C(=O)[C@H](N)Cc1ccccc1)[C@H](CC=Cc1ccccc1)C(=O)NO.Cc1ccc(S(=O)(=O)O)cc1. The monoisotopic (exact) mass is 694 g/mol. The van der Waals surface area contributed by atoms with Gasteiger partial charge in [-0.2, -0.15) is 8.42 Å². The highest BCUT2D eigenvalue weighted by Gasteiger charge is 2.35. The molecule has 3 rings (SSSR count). The fourth-order valence-electron chi connectivity index (χ4n) is 5.05. The molecule has 6 N–H and O–H groups in total. The van der Waals surface area contributed by atoms with Crippen molar-refractivity contribution in [3.8, 4) is 0 Å². The topological polar surface area (TPSA) is 179 Å². The summed E-state index contributed by atoms with van der Waals surface area (Å²) >= 11 is 0. The van der Waals surface area contributed by atoms with Gasteiger partial charge in [0.2, 0.25) is 11.8 Å². The van der Waals surface area contributed by atoms with Gasteiger partial charge >= 0.3 is 0 Å². The molecule has 0 radical (unpaired) electrons. The molecule has 0 spiro atoms. The van der Waals surface area contributed by atoms with E-state index in [0.717, 1.165) is 16.7 Å². The first-order valence-corrected chi connectivity index (χ1v) is 17.7. The van der Waals surface area contributed by atoms with Crippen LogP contribution in [-0.2, 0) is 30.9 Å². The van der Waals surface area contributed by atoms with Crippen LogP contribution in [0.4, 0.5) is 0 Å². The van der Waals surface area contributed by atoms with Gasteiger partial charge in [-0.3, -0.25) is 34.6 Å². The predicted molar refractivity (Wildman–Crippen MR) is 190 cm³/mol. The highest BCUT2D eigenvalue weighted by atomic mass is 32.2. The number of carbonyl (C=O) groups is 3. The fraction of sp³-hybridized carbons (Fsp3) is 0.378. The zero-order chi connectivity index (χ0) is 36.6. The summed E-state index contributed by atoms with van der Waals surface area (Å²) in [7, 11) is -4.02. The van der Waals surface area contributed by atoms with Crippen molar-refractivity contribution in [2.24, 2.45) is 29.4 Å². The minimum atomic E-state index is -4.02. The number of nitrogens with two attached hydrogens (primary N) is 1. The Morgan fingerprint density at radius 2 is 1.41 bits per heavy atom. The highest BCUT2D eigenvalue weighted by molar-refractivity contribution is 7.85. The molecule has 49 heavy (non-hydrogen) atoms. The van der Waals surface area contributed by atoms with Crippen LogP contribution in [0.3, 0.4) is 0 Å². The van der Waals surface area contributed by atoms with E-state index in [1.54, 1.807) is 17.6 Å². The van der Waals surface area contributed by atoms with Gasteiger partial charge in [-0.15, -0.1) is 0 Å². The Balaban J connectivity index is 0.000000639. The number of hydrogen-bond donors (Lipinski definition) is 5. The van der Waals surface area contributed by atoms with Gasteiger partial charge in [0.05, 0.1) is 22.8 Å². The number of hydroxylamine groups is 1.